The summed E-state index contributed by atoms with van der Waals surface area (Å²) in [6.45, 7) is 0. The molecule has 0 fully saturated rings. The summed E-state index contributed by atoms with van der Waals surface area (Å²) in [5, 5.41) is 14.7. The third kappa shape index (κ3) is 3.58. The van der Waals surface area contributed by atoms with E-state index in [2.05, 4.69) is 10.5 Å². The summed E-state index contributed by atoms with van der Waals surface area (Å²) in [6, 6.07) is 13.6. The Hall–Kier alpha value is -2.82. The van der Waals surface area contributed by atoms with E-state index in [0.717, 1.165) is 11.3 Å². The lowest BCUT2D eigenvalue weighted by Crippen LogP contribution is -2.21. The molecule has 0 radical (unpaired) electrons. The normalized spacial score (nSPS) is 10.4. The summed E-state index contributed by atoms with van der Waals surface area (Å²) in [5.74, 6) is -0.411. The maximum Gasteiger partial charge on any atom is 0.118 e. The van der Waals surface area contributed by atoms with Gasteiger partial charge in [0.05, 0.1) is 25.0 Å². The number of aromatic carboxylic acids is 1. The Bertz CT molecular complexity index is 604. The van der Waals surface area contributed by atoms with Gasteiger partial charge in [-0.1, -0.05) is 12.1 Å². The fourth-order valence-electron chi connectivity index (χ4n) is 1.55. The van der Waals surface area contributed by atoms with Gasteiger partial charge in [-0.2, -0.15) is 5.10 Å². The van der Waals surface area contributed by atoms with Gasteiger partial charge >= 0.3 is 0 Å². The summed E-state index contributed by atoms with van der Waals surface area (Å²) >= 11 is 0. The average Bonchev–Trinajstić information content (AvgIpc) is 2.48. The van der Waals surface area contributed by atoms with Gasteiger partial charge in [0.2, 0.25) is 0 Å². The van der Waals surface area contributed by atoms with Gasteiger partial charge in [0, 0.05) is 0 Å². The Morgan fingerprint density at radius 2 is 1.80 bits per heavy atom. The molecule has 0 saturated heterocycles. The molecule has 0 unspecified atom stereocenters. The van der Waals surface area contributed by atoms with Gasteiger partial charge in [-0.3, -0.25) is 5.43 Å². The lowest BCUT2D eigenvalue weighted by Gasteiger charge is -2.04. The third-order valence-electron chi connectivity index (χ3n) is 2.64. The number of rotatable bonds is 5. The van der Waals surface area contributed by atoms with Crippen molar-refractivity contribution in [3.63, 3.8) is 0 Å². The number of carboxylic acids is 1. The number of hydrazone groups is 1. The van der Waals surface area contributed by atoms with Crippen LogP contribution in [0.15, 0.2) is 53.6 Å². The van der Waals surface area contributed by atoms with E-state index in [1.54, 1.807) is 25.5 Å². The number of methoxy groups -OCH3 is 1. The van der Waals surface area contributed by atoms with Gasteiger partial charge in [-0.25, -0.2) is 0 Å². The molecule has 0 amide bonds. The van der Waals surface area contributed by atoms with Gasteiger partial charge in [0.1, 0.15) is 5.75 Å². The second-order valence-corrected chi connectivity index (χ2v) is 4.01. The Balaban J connectivity index is 1.96. The summed E-state index contributed by atoms with van der Waals surface area (Å²) in [4.78, 5) is 10.6. The fourth-order valence-corrected chi connectivity index (χ4v) is 1.55. The lowest BCUT2D eigenvalue weighted by atomic mass is 10.2. The number of ether oxygens (including phenoxy) is 1. The Morgan fingerprint density at radius 1 is 1.15 bits per heavy atom. The van der Waals surface area contributed by atoms with Crippen molar-refractivity contribution in [3.8, 4) is 5.75 Å². The van der Waals surface area contributed by atoms with Crippen LogP contribution >= 0.6 is 0 Å². The van der Waals surface area contributed by atoms with Crippen molar-refractivity contribution in [1.82, 2.24) is 0 Å². The minimum atomic E-state index is -1.20. The molecular weight excluding hydrogens is 256 g/mol. The van der Waals surface area contributed by atoms with Crippen LogP contribution in [-0.4, -0.2) is 19.3 Å². The zero-order valence-corrected chi connectivity index (χ0v) is 10.9. The van der Waals surface area contributed by atoms with Crippen molar-refractivity contribution < 1.29 is 14.6 Å². The number of nitrogens with one attached hydrogen (secondary N) is 1. The highest BCUT2D eigenvalue weighted by atomic mass is 16.5. The summed E-state index contributed by atoms with van der Waals surface area (Å²) < 4.78 is 5.06. The molecule has 0 aromatic heterocycles. The molecule has 1 N–H and O–H groups in total. The maximum absolute atomic E-state index is 10.6. The topological polar surface area (TPSA) is 73.8 Å². The van der Waals surface area contributed by atoms with Crippen LogP contribution in [0.5, 0.6) is 5.75 Å². The first-order valence-corrected chi connectivity index (χ1v) is 5.93. The number of anilines is 1. The van der Waals surface area contributed by atoms with Gasteiger partial charge in [0.25, 0.3) is 0 Å². The first-order chi connectivity index (χ1) is 9.69. The number of carbonyl (C=O) groups is 1. The molecule has 0 spiro atoms. The van der Waals surface area contributed by atoms with E-state index < -0.39 is 5.97 Å². The molecular formula is C15H13N2O3-. The minimum Gasteiger partial charge on any atom is -0.545 e. The highest BCUT2D eigenvalue weighted by molar-refractivity contribution is 5.86. The number of benzene rings is 2. The highest BCUT2D eigenvalue weighted by Crippen LogP contribution is 2.11. The quantitative estimate of drug-likeness (QED) is 0.659. The van der Waals surface area contributed by atoms with E-state index in [1.165, 1.54) is 12.1 Å². The SMILES string of the molecule is COc1ccc(/C=N\Nc2ccc(C(=O)[O-])cc2)cc1. The summed E-state index contributed by atoms with van der Waals surface area (Å²) in [7, 11) is 1.61. The molecule has 0 saturated carbocycles. The van der Waals surface area contributed by atoms with Crippen LogP contribution in [0.3, 0.4) is 0 Å². The lowest BCUT2D eigenvalue weighted by molar-refractivity contribution is -0.255. The molecule has 2 aromatic carbocycles. The van der Waals surface area contributed by atoms with E-state index >= 15 is 0 Å². The molecule has 0 bridgehead atoms. The van der Waals surface area contributed by atoms with Crippen molar-refractivity contribution in [2.45, 2.75) is 0 Å². The predicted molar refractivity (Wildman–Crippen MR) is 75.0 cm³/mol. The molecule has 0 aliphatic rings. The molecule has 0 aliphatic heterocycles. The third-order valence-corrected chi connectivity index (χ3v) is 2.64. The van der Waals surface area contributed by atoms with Crippen LogP contribution in [0.4, 0.5) is 5.69 Å². The molecule has 20 heavy (non-hydrogen) atoms. The Kier molecular flexibility index (Phi) is 4.34. The predicted octanol–water partition coefficient (Wildman–Crippen LogP) is 1.50. The van der Waals surface area contributed by atoms with Crippen LogP contribution in [0.2, 0.25) is 0 Å². The average molecular weight is 269 g/mol. The zero-order valence-electron chi connectivity index (χ0n) is 10.9. The van der Waals surface area contributed by atoms with Gasteiger partial charge in [0.15, 0.2) is 0 Å². The van der Waals surface area contributed by atoms with Crippen LogP contribution < -0.4 is 15.3 Å². The van der Waals surface area contributed by atoms with Crippen molar-refractivity contribution in [2.24, 2.45) is 5.10 Å². The maximum atomic E-state index is 10.6. The van der Waals surface area contributed by atoms with E-state index in [-0.39, 0.29) is 5.56 Å². The van der Waals surface area contributed by atoms with Gasteiger partial charge < -0.3 is 14.6 Å². The summed E-state index contributed by atoms with van der Waals surface area (Å²) in [5.41, 5.74) is 4.56. The van der Waals surface area contributed by atoms with Crippen LogP contribution in [-0.2, 0) is 0 Å². The highest BCUT2D eigenvalue weighted by Gasteiger charge is 1.94. The van der Waals surface area contributed by atoms with Crippen molar-refractivity contribution in [3.05, 3.63) is 59.7 Å². The second kappa shape index (κ2) is 6.38. The van der Waals surface area contributed by atoms with Crippen molar-refractivity contribution >= 4 is 17.9 Å². The number of nitrogens with zero attached hydrogens (tertiary/aromatic N) is 1. The molecule has 0 aliphatic carbocycles. The van der Waals surface area contributed by atoms with E-state index in [4.69, 9.17) is 4.74 Å². The second-order valence-electron chi connectivity index (χ2n) is 4.01. The number of carbonyl (C=O) groups excluding carboxylic acids is 1. The molecule has 2 rings (SSSR count). The first-order valence-electron chi connectivity index (χ1n) is 5.93. The molecule has 2 aromatic rings. The minimum absolute atomic E-state index is 0.134. The van der Waals surface area contributed by atoms with Gasteiger partial charge in [-0.05, 0) is 47.5 Å². The van der Waals surface area contributed by atoms with E-state index in [9.17, 15) is 9.90 Å². The van der Waals surface area contributed by atoms with Gasteiger partial charge in [-0.15, -0.1) is 0 Å². The monoisotopic (exact) mass is 269 g/mol. The zero-order chi connectivity index (χ0) is 14.4. The standard InChI is InChI=1S/C15H14N2O3/c1-20-14-8-2-11(3-9-14)10-16-17-13-6-4-12(5-7-13)15(18)19/h2-10,17H,1H3,(H,18,19)/p-1/b16-10-. The number of hydrogen-bond acceptors (Lipinski definition) is 5. The first kappa shape index (κ1) is 13.6. The van der Waals surface area contributed by atoms with Crippen molar-refractivity contribution in [1.29, 1.82) is 0 Å². The van der Waals surface area contributed by atoms with Crippen LogP contribution in [0.25, 0.3) is 0 Å². The Labute approximate surface area is 116 Å². The summed E-state index contributed by atoms with van der Waals surface area (Å²) in [6.07, 6.45) is 1.66. The smallest absolute Gasteiger partial charge is 0.118 e. The molecule has 102 valence electrons. The van der Waals surface area contributed by atoms with Crippen LogP contribution in [0.1, 0.15) is 15.9 Å². The molecule has 0 atom stereocenters. The van der Waals surface area contributed by atoms with Crippen LogP contribution in [0, 0.1) is 0 Å². The largest absolute Gasteiger partial charge is 0.545 e. The molecule has 5 heteroatoms. The molecule has 5 nitrogen and oxygen atoms in total. The van der Waals surface area contributed by atoms with Crippen molar-refractivity contribution in [2.75, 3.05) is 12.5 Å². The Morgan fingerprint density at radius 3 is 2.35 bits per heavy atom. The fraction of sp³-hybridized carbons (Fsp3) is 0.0667. The van der Waals surface area contributed by atoms with E-state index in [1.807, 2.05) is 24.3 Å². The number of hydrogen-bond donors (Lipinski definition) is 1. The van der Waals surface area contributed by atoms with E-state index in [0.29, 0.717) is 5.69 Å². The number of carboxylic acid groups (broad SMARTS) is 1. The molecule has 0 heterocycles.